The zero-order valence-corrected chi connectivity index (χ0v) is 20.2. The number of nitrogens with one attached hydrogen (secondary N) is 1. The van der Waals surface area contributed by atoms with E-state index in [1.54, 1.807) is 24.3 Å². The van der Waals surface area contributed by atoms with Crippen LogP contribution in [0.1, 0.15) is 30.4 Å². The number of carbonyl (C=O) groups excluding carboxylic acids is 1. The minimum absolute atomic E-state index is 0.0898. The molecule has 33 heavy (non-hydrogen) atoms. The molecule has 0 aromatic heterocycles. The maximum Gasteiger partial charge on any atom is 0.243 e. The van der Waals surface area contributed by atoms with Gasteiger partial charge in [0.1, 0.15) is 0 Å². The van der Waals surface area contributed by atoms with E-state index in [1.165, 1.54) is 15.4 Å². The van der Waals surface area contributed by atoms with Crippen LogP contribution in [0.5, 0.6) is 0 Å². The van der Waals surface area contributed by atoms with Crippen LogP contribution in [-0.4, -0.2) is 74.2 Å². The zero-order valence-electron chi connectivity index (χ0n) is 19.4. The highest BCUT2D eigenvalue weighted by atomic mass is 32.2. The van der Waals surface area contributed by atoms with Gasteiger partial charge in [0.25, 0.3) is 0 Å². The van der Waals surface area contributed by atoms with Crippen molar-refractivity contribution in [3.63, 3.8) is 0 Å². The molecule has 2 aliphatic rings. The highest BCUT2D eigenvalue weighted by Gasteiger charge is 2.27. The SMILES string of the molecule is Cc1ccccc1CN1CCN(CCC(=O)Nc2cccc(S(=O)(=O)N3CCCC3)c2)CC1. The summed E-state index contributed by atoms with van der Waals surface area (Å²) >= 11 is 0. The molecule has 2 heterocycles. The van der Waals surface area contributed by atoms with Crippen LogP contribution >= 0.6 is 0 Å². The Morgan fingerprint density at radius 1 is 0.909 bits per heavy atom. The van der Waals surface area contributed by atoms with Crippen LogP contribution in [0.2, 0.25) is 0 Å². The van der Waals surface area contributed by atoms with Gasteiger partial charge < -0.3 is 10.2 Å². The molecule has 0 spiro atoms. The van der Waals surface area contributed by atoms with Gasteiger partial charge in [0.15, 0.2) is 0 Å². The molecule has 1 N–H and O–H groups in total. The van der Waals surface area contributed by atoms with E-state index < -0.39 is 10.0 Å². The van der Waals surface area contributed by atoms with Gasteiger partial charge in [0.05, 0.1) is 4.90 Å². The third-order valence-corrected chi connectivity index (χ3v) is 8.49. The molecule has 2 aromatic carbocycles. The van der Waals surface area contributed by atoms with Crippen molar-refractivity contribution in [3.8, 4) is 0 Å². The molecule has 7 nitrogen and oxygen atoms in total. The quantitative estimate of drug-likeness (QED) is 0.642. The first-order valence-electron chi connectivity index (χ1n) is 11.8. The lowest BCUT2D eigenvalue weighted by Gasteiger charge is -2.34. The topological polar surface area (TPSA) is 73.0 Å². The third kappa shape index (κ3) is 6.20. The second kappa shape index (κ2) is 10.8. The van der Waals surface area contributed by atoms with Gasteiger partial charge in [-0.25, -0.2) is 8.42 Å². The largest absolute Gasteiger partial charge is 0.326 e. The van der Waals surface area contributed by atoms with E-state index in [0.717, 1.165) is 45.6 Å². The van der Waals surface area contributed by atoms with Gasteiger partial charge >= 0.3 is 0 Å². The van der Waals surface area contributed by atoms with Crippen LogP contribution in [0.4, 0.5) is 5.69 Å². The molecule has 2 fully saturated rings. The molecular weight excluding hydrogens is 436 g/mol. The Morgan fingerprint density at radius 2 is 1.61 bits per heavy atom. The average Bonchev–Trinajstić information content (AvgIpc) is 3.36. The van der Waals surface area contributed by atoms with E-state index >= 15 is 0 Å². The number of carbonyl (C=O) groups is 1. The Kier molecular flexibility index (Phi) is 7.80. The van der Waals surface area contributed by atoms with Gasteiger partial charge in [-0.15, -0.1) is 0 Å². The van der Waals surface area contributed by atoms with Gasteiger partial charge in [-0.05, 0) is 49.1 Å². The number of benzene rings is 2. The normalized spacial score (nSPS) is 18.5. The summed E-state index contributed by atoms with van der Waals surface area (Å²) < 4.78 is 27.1. The van der Waals surface area contributed by atoms with Crippen molar-refractivity contribution in [1.29, 1.82) is 0 Å². The summed E-state index contributed by atoms with van der Waals surface area (Å²) in [4.78, 5) is 17.5. The summed E-state index contributed by atoms with van der Waals surface area (Å²) in [5.74, 6) is -0.0898. The lowest BCUT2D eigenvalue weighted by molar-refractivity contribution is -0.116. The van der Waals surface area contributed by atoms with Crippen LogP contribution in [0.25, 0.3) is 0 Å². The second-order valence-corrected chi connectivity index (χ2v) is 10.9. The monoisotopic (exact) mass is 470 g/mol. The van der Waals surface area contributed by atoms with Crippen LogP contribution in [0, 0.1) is 6.92 Å². The average molecular weight is 471 g/mol. The molecule has 8 heteroatoms. The summed E-state index contributed by atoms with van der Waals surface area (Å²) in [5, 5.41) is 2.87. The van der Waals surface area contributed by atoms with Crippen molar-refractivity contribution in [2.75, 3.05) is 51.1 Å². The molecule has 0 aliphatic carbocycles. The molecule has 1 amide bonds. The number of anilines is 1. The molecule has 0 bridgehead atoms. The fourth-order valence-corrected chi connectivity index (χ4v) is 6.06. The van der Waals surface area contributed by atoms with Crippen LogP contribution in [0.15, 0.2) is 53.4 Å². The number of hydrogen-bond donors (Lipinski definition) is 1. The van der Waals surface area contributed by atoms with Gasteiger partial charge in [-0.1, -0.05) is 30.3 Å². The van der Waals surface area contributed by atoms with E-state index in [4.69, 9.17) is 0 Å². The molecule has 2 aromatic rings. The number of nitrogens with zero attached hydrogens (tertiary/aromatic N) is 3. The predicted molar refractivity (Wildman–Crippen MR) is 131 cm³/mol. The number of amides is 1. The number of rotatable bonds is 8. The standard InChI is InChI=1S/C25H34N4O3S/c1-21-7-2-3-8-22(21)20-28-17-15-27(16-18-28)14-11-25(30)26-23-9-6-10-24(19-23)33(31,32)29-12-4-5-13-29/h2-3,6-10,19H,4-5,11-18,20H2,1H3,(H,26,30). The van der Waals surface area contributed by atoms with Crippen molar-refractivity contribution in [3.05, 3.63) is 59.7 Å². The Bertz CT molecular complexity index is 1060. The first kappa shape index (κ1) is 23.9. The van der Waals surface area contributed by atoms with Crippen molar-refractivity contribution in [2.45, 2.75) is 37.6 Å². The summed E-state index contributed by atoms with van der Waals surface area (Å²) in [7, 11) is -3.49. The van der Waals surface area contributed by atoms with Crippen LogP contribution in [-0.2, 0) is 21.4 Å². The highest BCUT2D eigenvalue weighted by molar-refractivity contribution is 7.89. The molecular formula is C25H34N4O3S. The van der Waals surface area contributed by atoms with Gasteiger partial charge in [0, 0.05) is 64.5 Å². The summed E-state index contributed by atoms with van der Waals surface area (Å²) in [6.07, 6.45) is 2.19. The smallest absolute Gasteiger partial charge is 0.243 e. The maximum absolute atomic E-state index is 12.8. The fourth-order valence-electron chi connectivity index (χ4n) is 4.49. The third-order valence-electron chi connectivity index (χ3n) is 6.60. The number of hydrogen-bond acceptors (Lipinski definition) is 5. The molecule has 0 atom stereocenters. The van der Waals surface area contributed by atoms with E-state index in [1.807, 2.05) is 0 Å². The highest BCUT2D eigenvalue weighted by Crippen LogP contribution is 2.23. The van der Waals surface area contributed by atoms with Gasteiger partial charge in [-0.2, -0.15) is 4.31 Å². The fraction of sp³-hybridized carbons (Fsp3) is 0.480. The summed E-state index contributed by atoms with van der Waals surface area (Å²) in [5.41, 5.74) is 3.23. The Labute approximate surface area is 197 Å². The van der Waals surface area contributed by atoms with Crippen molar-refractivity contribution >= 4 is 21.6 Å². The molecule has 0 unspecified atom stereocenters. The zero-order chi connectivity index (χ0) is 23.3. The first-order chi connectivity index (χ1) is 15.9. The number of aryl methyl sites for hydroxylation is 1. The molecule has 2 saturated heterocycles. The predicted octanol–water partition coefficient (Wildman–Crippen LogP) is 2.93. The number of piperazine rings is 1. The van der Waals surface area contributed by atoms with Crippen LogP contribution < -0.4 is 5.32 Å². The summed E-state index contributed by atoms with van der Waals surface area (Å²) in [6.45, 7) is 8.84. The minimum atomic E-state index is -3.49. The van der Waals surface area contributed by atoms with Crippen molar-refractivity contribution in [1.82, 2.24) is 14.1 Å². The van der Waals surface area contributed by atoms with E-state index in [-0.39, 0.29) is 10.8 Å². The van der Waals surface area contributed by atoms with Crippen molar-refractivity contribution in [2.24, 2.45) is 0 Å². The number of sulfonamides is 1. The minimum Gasteiger partial charge on any atom is -0.326 e. The van der Waals surface area contributed by atoms with Gasteiger partial charge in [-0.3, -0.25) is 9.69 Å². The Hall–Kier alpha value is -2.26. The Balaban J connectivity index is 1.23. The Morgan fingerprint density at radius 3 is 2.33 bits per heavy atom. The molecule has 0 saturated carbocycles. The molecule has 4 rings (SSSR count). The lowest BCUT2D eigenvalue weighted by atomic mass is 10.1. The van der Waals surface area contributed by atoms with Crippen LogP contribution in [0.3, 0.4) is 0 Å². The summed E-state index contributed by atoms with van der Waals surface area (Å²) in [6, 6.07) is 15.1. The van der Waals surface area contributed by atoms with Gasteiger partial charge in [0.2, 0.25) is 15.9 Å². The lowest BCUT2D eigenvalue weighted by Crippen LogP contribution is -2.46. The molecule has 2 aliphatic heterocycles. The second-order valence-electron chi connectivity index (χ2n) is 8.98. The van der Waals surface area contributed by atoms with Crippen molar-refractivity contribution < 1.29 is 13.2 Å². The molecule has 178 valence electrons. The van der Waals surface area contributed by atoms with E-state index in [2.05, 4.69) is 46.3 Å². The van der Waals surface area contributed by atoms with E-state index in [0.29, 0.717) is 31.7 Å². The first-order valence-corrected chi connectivity index (χ1v) is 13.2. The molecule has 0 radical (unpaired) electrons. The maximum atomic E-state index is 12.8. The van der Waals surface area contributed by atoms with E-state index in [9.17, 15) is 13.2 Å².